The van der Waals surface area contributed by atoms with Crippen LogP contribution >= 0.6 is 27.3 Å². The molecule has 0 atom stereocenters. The van der Waals surface area contributed by atoms with Crippen molar-refractivity contribution in [3.05, 3.63) is 27.8 Å². The Hall–Kier alpha value is -1.21. The van der Waals surface area contributed by atoms with Gasteiger partial charge in [0.15, 0.2) is 11.0 Å². The Labute approximate surface area is 116 Å². The van der Waals surface area contributed by atoms with Gasteiger partial charge in [-0.05, 0) is 28.8 Å². The van der Waals surface area contributed by atoms with E-state index < -0.39 is 0 Å². The van der Waals surface area contributed by atoms with E-state index in [2.05, 4.69) is 25.9 Å². The second kappa shape index (κ2) is 4.47. The van der Waals surface area contributed by atoms with E-state index in [4.69, 9.17) is 4.42 Å². The molecule has 1 fully saturated rings. The van der Waals surface area contributed by atoms with Gasteiger partial charge in [0.25, 0.3) is 5.91 Å². The van der Waals surface area contributed by atoms with Gasteiger partial charge in [-0.1, -0.05) is 11.3 Å². The second-order valence-electron chi connectivity index (χ2n) is 4.15. The van der Waals surface area contributed by atoms with Gasteiger partial charge in [-0.3, -0.25) is 9.69 Å². The highest BCUT2D eigenvalue weighted by atomic mass is 79.9. The first-order chi connectivity index (χ1) is 8.65. The lowest BCUT2D eigenvalue weighted by Crippen LogP contribution is -2.25. The largest absolute Gasteiger partial charge is 0.435 e. The van der Waals surface area contributed by atoms with E-state index in [0.717, 1.165) is 16.6 Å². The molecule has 18 heavy (non-hydrogen) atoms. The van der Waals surface area contributed by atoms with Crippen molar-refractivity contribution in [3.63, 3.8) is 0 Å². The molecule has 0 unspecified atom stereocenters. The minimum absolute atomic E-state index is 0.226. The molecule has 1 amide bonds. The zero-order chi connectivity index (χ0) is 12.7. The molecule has 0 bridgehead atoms. The van der Waals surface area contributed by atoms with Crippen LogP contribution in [0.5, 0.6) is 0 Å². The van der Waals surface area contributed by atoms with E-state index in [0.29, 0.717) is 16.9 Å². The van der Waals surface area contributed by atoms with Gasteiger partial charge < -0.3 is 4.42 Å². The van der Waals surface area contributed by atoms with Crippen molar-refractivity contribution in [3.8, 4) is 0 Å². The van der Waals surface area contributed by atoms with E-state index in [9.17, 15) is 4.79 Å². The second-order valence-corrected chi connectivity index (χ2v) is 6.54. The van der Waals surface area contributed by atoms with Crippen LogP contribution in [0.4, 0.5) is 5.13 Å². The average Bonchev–Trinajstić information content (AvgIpc) is 2.94. The average molecular weight is 328 g/mol. The molecule has 94 valence electrons. The van der Waals surface area contributed by atoms with Crippen molar-refractivity contribution in [2.75, 3.05) is 11.9 Å². The van der Waals surface area contributed by atoms with Gasteiger partial charge in [-0.15, -0.1) is 0 Å². The number of nitrogens with zero attached hydrogens (tertiary/aromatic N) is 3. The number of halogens is 1. The van der Waals surface area contributed by atoms with Crippen LogP contribution in [0.2, 0.25) is 0 Å². The number of aromatic nitrogens is 2. The van der Waals surface area contributed by atoms with Crippen LogP contribution in [0.3, 0.4) is 0 Å². The van der Waals surface area contributed by atoms with Crippen molar-refractivity contribution < 1.29 is 9.21 Å². The summed E-state index contributed by atoms with van der Waals surface area (Å²) in [6.45, 7) is 0. The predicted molar refractivity (Wildman–Crippen MR) is 71.0 cm³/mol. The summed E-state index contributed by atoms with van der Waals surface area (Å²) < 4.78 is 6.36. The Morgan fingerprint density at radius 2 is 2.28 bits per heavy atom. The first kappa shape index (κ1) is 11.9. The monoisotopic (exact) mass is 327 g/mol. The van der Waals surface area contributed by atoms with Crippen LogP contribution < -0.4 is 4.90 Å². The summed E-state index contributed by atoms with van der Waals surface area (Å²) in [7, 11) is 1.67. The van der Waals surface area contributed by atoms with Crippen LogP contribution in [0.25, 0.3) is 0 Å². The molecule has 2 aromatic heterocycles. The van der Waals surface area contributed by atoms with E-state index in [-0.39, 0.29) is 11.7 Å². The summed E-state index contributed by atoms with van der Waals surface area (Å²) >= 11 is 4.71. The highest BCUT2D eigenvalue weighted by Crippen LogP contribution is 2.39. The van der Waals surface area contributed by atoms with Gasteiger partial charge >= 0.3 is 0 Å². The molecule has 7 heteroatoms. The Bertz CT molecular complexity index is 591. The Morgan fingerprint density at radius 3 is 2.89 bits per heavy atom. The molecule has 1 saturated carbocycles. The Kier molecular flexibility index (Phi) is 2.95. The van der Waals surface area contributed by atoms with Crippen LogP contribution in [-0.2, 0) is 0 Å². The van der Waals surface area contributed by atoms with Crippen molar-refractivity contribution in [1.29, 1.82) is 0 Å². The summed E-state index contributed by atoms with van der Waals surface area (Å²) in [5, 5.41) is 0.622. The maximum absolute atomic E-state index is 12.2. The smallest absolute Gasteiger partial charge is 0.297 e. The normalized spacial score (nSPS) is 14.8. The van der Waals surface area contributed by atoms with Gasteiger partial charge in [0, 0.05) is 13.0 Å². The van der Waals surface area contributed by atoms with Crippen LogP contribution in [-0.4, -0.2) is 22.9 Å². The zero-order valence-electron chi connectivity index (χ0n) is 9.59. The van der Waals surface area contributed by atoms with Gasteiger partial charge in [-0.25, -0.2) is 9.97 Å². The molecule has 0 spiro atoms. The molecular formula is C11H10BrN3O2S. The molecule has 1 aliphatic rings. The molecule has 2 heterocycles. The van der Waals surface area contributed by atoms with E-state index in [1.165, 1.54) is 22.4 Å². The van der Waals surface area contributed by atoms with E-state index in [1.807, 2.05) is 0 Å². The number of oxazole rings is 1. The van der Waals surface area contributed by atoms with Crippen LogP contribution in [0.15, 0.2) is 20.6 Å². The van der Waals surface area contributed by atoms with Gasteiger partial charge in [0.2, 0.25) is 5.76 Å². The highest BCUT2D eigenvalue weighted by molar-refractivity contribution is 9.11. The fourth-order valence-corrected chi connectivity index (χ4v) is 2.70. The molecule has 0 aliphatic heterocycles. The van der Waals surface area contributed by atoms with Crippen molar-refractivity contribution in [2.45, 2.75) is 18.8 Å². The maximum atomic E-state index is 12.2. The predicted octanol–water partition coefficient (Wildman–Crippen LogP) is 3.05. The number of rotatable bonds is 3. The Balaban J connectivity index is 1.80. The molecule has 0 aromatic carbocycles. The highest BCUT2D eigenvalue weighted by Gasteiger charge is 2.30. The maximum Gasteiger partial charge on any atom is 0.297 e. The number of hydrogen-bond donors (Lipinski definition) is 0. The quantitative estimate of drug-likeness (QED) is 0.869. The summed E-state index contributed by atoms with van der Waals surface area (Å²) in [5.74, 6) is 1.12. The molecule has 0 saturated heterocycles. The van der Waals surface area contributed by atoms with Gasteiger partial charge in [0.1, 0.15) is 0 Å². The fourth-order valence-electron chi connectivity index (χ4n) is 1.56. The fraction of sp³-hybridized carbons (Fsp3) is 0.364. The topological polar surface area (TPSA) is 59.2 Å². The van der Waals surface area contributed by atoms with E-state index >= 15 is 0 Å². The van der Waals surface area contributed by atoms with Crippen molar-refractivity contribution in [2.24, 2.45) is 0 Å². The summed E-state index contributed by atoms with van der Waals surface area (Å²) in [6.07, 6.45) is 5.36. The number of anilines is 1. The zero-order valence-corrected chi connectivity index (χ0v) is 12.0. The number of carbonyl (C=O) groups excluding carboxylic acids is 1. The first-order valence-electron chi connectivity index (χ1n) is 5.50. The third-order valence-corrected chi connectivity index (χ3v) is 4.27. The lowest BCUT2D eigenvalue weighted by Gasteiger charge is -2.10. The molecule has 0 N–H and O–H groups in total. The SMILES string of the molecule is CN(C(=O)c1cnc(C2CC2)o1)c1ncc(Br)s1. The third kappa shape index (κ3) is 2.20. The summed E-state index contributed by atoms with van der Waals surface area (Å²) in [6, 6.07) is 0. The molecule has 5 nitrogen and oxygen atoms in total. The van der Waals surface area contributed by atoms with E-state index in [1.54, 1.807) is 13.2 Å². The minimum Gasteiger partial charge on any atom is -0.435 e. The summed E-state index contributed by atoms with van der Waals surface area (Å²) in [4.78, 5) is 21.9. The Morgan fingerprint density at radius 1 is 1.50 bits per heavy atom. The molecule has 0 radical (unpaired) electrons. The number of thiazole rings is 1. The lowest BCUT2D eigenvalue weighted by atomic mass is 10.4. The number of hydrogen-bond acceptors (Lipinski definition) is 5. The standard InChI is InChI=1S/C11H10BrN3O2S/c1-15(11-14-5-8(12)18-11)10(16)7-4-13-9(17-7)6-2-3-6/h4-6H,2-3H2,1H3. The number of amides is 1. The molecular weight excluding hydrogens is 318 g/mol. The van der Waals surface area contributed by atoms with Crippen LogP contribution in [0.1, 0.15) is 35.2 Å². The minimum atomic E-state index is -0.226. The first-order valence-corrected chi connectivity index (χ1v) is 7.11. The van der Waals surface area contributed by atoms with Gasteiger partial charge in [0.05, 0.1) is 16.2 Å². The molecule has 1 aliphatic carbocycles. The van der Waals surface area contributed by atoms with Gasteiger partial charge in [-0.2, -0.15) is 0 Å². The third-order valence-electron chi connectivity index (χ3n) is 2.72. The van der Waals surface area contributed by atoms with Crippen molar-refractivity contribution >= 4 is 38.3 Å². The van der Waals surface area contributed by atoms with Crippen molar-refractivity contribution in [1.82, 2.24) is 9.97 Å². The summed E-state index contributed by atoms with van der Waals surface area (Å²) in [5.41, 5.74) is 0. The lowest BCUT2D eigenvalue weighted by molar-refractivity contribution is 0.0964. The molecule has 2 aromatic rings. The number of carbonyl (C=O) groups is 1. The molecule has 3 rings (SSSR count). The van der Waals surface area contributed by atoms with Crippen LogP contribution in [0, 0.1) is 0 Å².